The fourth-order valence-corrected chi connectivity index (χ4v) is 0. The molecule has 0 aliphatic heterocycles. The average molecular weight is 371 g/mol. The van der Waals surface area contributed by atoms with E-state index >= 15 is 0 Å². The summed E-state index contributed by atoms with van der Waals surface area (Å²) < 4.78 is 33.8. The first-order chi connectivity index (χ1) is 2.83. The predicted molar refractivity (Wildman–Crippen MR) is 35.7 cm³/mol. The molecule has 0 aromatic carbocycles. The summed E-state index contributed by atoms with van der Waals surface area (Å²) >= 11 is -3.50. The molecular weight excluding hydrogens is 367 g/mol. The Bertz CT molecular complexity index is 39.5. The molecule has 0 saturated carbocycles. The van der Waals surface area contributed by atoms with Crippen LogP contribution in [0.4, 0.5) is 0 Å². The van der Waals surface area contributed by atoms with Gasteiger partial charge in [-0.05, 0) is 0 Å². The van der Waals surface area contributed by atoms with Crippen molar-refractivity contribution < 1.29 is 15.9 Å². The van der Waals surface area contributed by atoms with Gasteiger partial charge in [0.25, 0.3) is 0 Å². The van der Waals surface area contributed by atoms with E-state index in [0.717, 1.165) is 0 Å². The quantitative estimate of drug-likeness (QED) is 0.398. The molecule has 4 nitrogen and oxygen atoms in total. The summed E-state index contributed by atoms with van der Waals surface area (Å²) in [7, 11) is 0. The zero-order chi connectivity index (χ0) is 5.41. The van der Waals surface area contributed by atoms with E-state index in [1.807, 2.05) is 0 Å². The summed E-state index contributed by atoms with van der Waals surface area (Å²) in [5, 5.41) is 0. The molecule has 0 N–H and O–H groups in total. The molecular formula is H4Al2BaMgO4Sr. The van der Waals surface area contributed by atoms with Crippen LogP contribution in [0.25, 0.3) is 0 Å². The third-order valence-corrected chi connectivity index (χ3v) is 0. The normalized spacial score (nSPS) is 1.78. The molecule has 0 aromatic rings. The van der Waals surface area contributed by atoms with Crippen LogP contribution in [-0.4, -0.2) is 148 Å². The van der Waals surface area contributed by atoms with Gasteiger partial charge in [0, 0.05) is 0 Å². The second-order valence-corrected chi connectivity index (χ2v) is 0.577. The second kappa shape index (κ2) is 40.1. The minimum absolute atomic E-state index is 0. The van der Waals surface area contributed by atoms with Crippen molar-refractivity contribution in [3.05, 3.63) is 0 Å². The van der Waals surface area contributed by atoms with Gasteiger partial charge in [-0.3, -0.25) is 0 Å². The van der Waals surface area contributed by atoms with Gasteiger partial charge in [-0.2, -0.15) is 0 Å². The SMILES string of the molecule is [BaH2].[Mg+2].[O]=[Al][O-].[O]=[Al][O-].[SrH2]. The van der Waals surface area contributed by atoms with Gasteiger partial charge >= 0.3 is 164 Å². The standard InChI is InChI=1S/2Al.Ba.Mg.4O.Sr.4H/q;;;+2;;;2*-1;;;;;. The van der Waals surface area contributed by atoms with Crippen molar-refractivity contribution >= 4 is 148 Å². The molecule has 0 amide bonds. The molecule has 0 atom stereocenters. The van der Waals surface area contributed by atoms with Crippen LogP contribution >= 0.6 is 0 Å². The van der Waals surface area contributed by atoms with Crippen molar-refractivity contribution in [2.24, 2.45) is 0 Å². The number of hydrogen-bond acceptors (Lipinski definition) is 4. The van der Waals surface area contributed by atoms with Crippen LogP contribution in [0.1, 0.15) is 0 Å². The van der Waals surface area contributed by atoms with Gasteiger partial charge in [0.15, 0.2) is 0 Å². The topological polar surface area (TPSA) is 80.3 Å². The summed E-state index contributed by atoms with van der Waals surface area (Å²) in [5.41, 5.74) is 0. The Hall–Kier alpha value is 4.08. The molecule has 9 heavy (non-hydrogen) atoms. The molecule has 0 unspecified atom stereocenters. The first-order valence-electron chi connectivity index (χ1n) is 0.943. The Morgan fingerprint density at radius 1 is 1.00 bits per heavy atom. The van der Waals surface area contributed by atoms with Crippen molar-refractivity contribution in [1.29, 1.82) is 0 Å². The van der Waals surface area contributed by atoms with Gasteiger partial charge in [-0.1, -0.05) is 0 Å². The Kier molecular flexibility index (Phi) is 130. The Labute approximate surface area is 160 Å². The zero-order valence-electron chi connectivity index (χ0n) is 3.49. The van der Waals surface area contributed by atoms with Crippen molar-refractivity contribution in [1.82, 2.24) is 0 Å². The molecule has 0 heterocycles. The summed E-state index contributed by atoms with van der Waals surface area (Å²) in [6, 6.07) is 0. The van der Waals surface area contributed by atoms with Gasteiger partial charge in [0.1, 0.15) is 0 Å². The van der Waals surface area contributed by atoms with Crippen molar-refractivity contribution in [2.45, 2.75) is 0 Å². The molecule has 0 bridgehead atoms. The third-order valence-electron chi connectivity index (χ3n) is 0. The van der Waals surface area contributed by atoms with Crippen LogP contribution in [0.3, 0.4) is 0 Å². The monoisotopic (exact) mass is 372 g/mol. The maximum atomic E-state index is 8.46. The van der Waals surface area contributed by atoms with E-state index in [2.05, 4.69) is 0 Å². The fraction of sp³-hybridized carbons (Fsp3) is 0. The van der Waals surface area contributed by atoms with Crippen molar-refractivity contribution in [2.75, 3.05) is 0 Å². The summed E-state index contributed by atoms with van der Waals surface area (Å²) in [6.45, 7) is 0. The Morgan fingerprint density at radius 2 is 1.00 bits per heavy atom. The van der Waals surface area contributed by atoms with E-state index < -0.39 is 31.0 Å². The van der Waals surface area contributed by atoms with Gasteiger partial charge < -0.3 is 0 Å². The molecule has 0 aromatic heterocycles. The second-order valence-electron chi connectivity index (χ2n) is 0.192. The van der Waals surface area contributed by atoms with Crippen LogP contribution in [-0.2, 0) is 7.61 Å². The van der Waals surface area contributed by atoms with Crippen LogP contribution in [0.15, 0.2) is 0 Å². The molecule has 0 radical (unpaired) electrons. The predicted octanol–water partition coefficient (Wildman–Crippen LogP) is -5.59. The molecule has 0 aliphatic carbocycles. The van der Waals surface area contributed by atoms with Crippen LogP contribution in [0, 0.1) is 0 Å². The summed E-state index contributed by atoms with van der Waals surface area (Å²) in [4.78, 5) is 0. The van der Waals surface area contributed by atoms with Gasteiger partial charge in [-0.25, -0.2) is 0 Å². The Balaban J connectivity index is -0.00000000889. The van der Waals surface area contributed by atoms with Gasteiger partial charge in [0.2, 0.25) is 0 Å². The molecule has 0 fully saturated rings. The summed E-state index contributed by atoms with van der Waals surface area (Å²) in [5.74, 6) is 0. The molecule has 9 heteroatoms. The first kappa shape index (κ1) is 29.2. The Morgan fingerprint density at radius 3 is 1.00 bits per heavy atom. The fourth-order valence-electron chi connectivity index (χ4n) is 0. The third kappa shape index (κ3) is 73.7. The van der Waals surface area contributed by atoms with E-state index in [4.69, 9.17) is 15.9 Å². The molecule has 0 rings (SSSR count). The summed E-state index contributed by atoms with van der Waals surface area (Å²) in [6.07, 6.45) is 0. The van der Waals surface area contributed by atoms with Crippen molar-refractivity contribution in [3.8, 4) is 0 Å². The van der Waals surface area contributed by atoms with Gasteiger partial charge in [-0.15, -0.1) is 0 Å². The van der Waals surface area contributed by atoms with E-state index in [1.165, 1.54) is 0 Å². The first-order valence-corrected chi connectivity index (χ1v) is 2.83. The minimum atomic E-state index is -1.75. The zero-order valence-corrected chi connectivity index (χ0v) is 7.22. The van der Waals surface area contributed by atoms with Crippen LogP contribution in [0.5, 0.6) is 0 Å². The molecule has 40 valence electrons. The van der Waals surface area contributed by atoms with Crippen LogP contribution in [0.2, 0.25) is 0 Å². The van der Waals surface area contributed by atoms with E-state index in [1.54, 1.807) is 0 Å². The molecule has 0 aliphatic rings. The molecule has 0 saturated heterocycles. The molecule has 0 spiro atoms. The number of rotatable bonds is 0. The average Bonchev–Trinajstić information content (AvgIpc) is 1.39. The van der Waals surface area contributed by atoms with E-state index in [-0.39, 0.29) is 117 Å². The van der Waals surface area contributed by atoms with Crippen molar-refractivity contribution in [3.63, 3.8) is 0 Å². The van der Waals surface area contributed by atoms with Gasteiger partial charge in [0.05, 0.1) is 0 Å². The number of hydrogen-bond donors (Lipinski definition) is 0. The van der Waals surface area contributed by atoms with E-state index in [9.17, 15) is 0 Å². The maximum absolute atomic E-state index is 8.46. The van der Waals surface area contributed by atoms with Crippen LogP contribution < -0.4 is 8.32 Å². The van der Waals surface area contributed by atoms with E-state index in [0.29, 0.717) is 0 Å².